The third-order valence-electron chi connectivity index (χ3n) is 10.2. The number of carbonyl (C=O) groups excluding carboxylic acids is 4. The zero-order valence-electron chi connectivity index (χ0n) is 33.5. The maximum Gasteiger partial charge on any atom is 0.409 e. The van der Waals surface area contributed by atoms with E-state index in [0.717, 1.165) is 11.1 Å². The van der Waals surface area contributed by atoms with E-state index in [2.05, 4.69) is 26.6 Å². The maximum atomic E-state index is 14.1. The molecule has 18 heteroatoms. The molecule has 16 nitrogen and oxygen atoms in total. The summed E-state index contributed by atoms with van der Waals surface area (Å²) in [6.45, 7) is 8.54. The van der Waals surface area contributed by atoms with Crippen molar-refractivity contribution in [1.29, 1.82) is 0 Å². The minimum Gasteiger partial charge on any atom is -0.495 e. The molecule has 0 spiro atoms. The van der Waals surface area contributed by atoms with Gasteiger partial charge in [0.05, 0.1) is 63.7 Å². The average Bonchev–Trinajstić information content (AvgIpc) is 3.87. The van der Waals surface area contributed by atoms with Crippen molar-refractivity contribution in [3.05, 3.63) is 46.5 Å². The molecule has 2 saturated heterocycles. The number of esters is 1. The summed E-state index contributed by atoms with van der Waals surface area (Å²) >= 11 is 9.83. The van der Waals surface area contributed by atoms with E-state index in [-0.39, 0.29) is 48.9 Å². The number of benzene rings is 1. The second-order valence-corrected chi connectivity index (χ2v) is 15.4. The van der Waals surface area contributed by atoms with Crippen LogP contribution in [0.1, 0.15) is 46.1 Å². The molecule has 4 rings (SSSR count). The number of allylic oxidation sites excluding steroid dienone is 3. The molecule has 318 valence electrons. The number of epoxide rings is 1. The second-order valence-electron chi connectivity index (χ2n) is 14.4. The van der Waals surface area contributed by atoms with Crippen molar-refractivity contribution in [3.63, 3.8) is 0 Å². The fraction of sp³-hybridized carbons (Fsp3) is 0.641. The number of rotatable bonds is 15. The average molecular weight is 889 g/mol. The standard InChI is InChI=1S/C39H55BrClN3O13/c1-23-9-8-10-30(51-7)39(49)21-29(55-37(48)43-39)24(2)35-38(4,57-35)31(20-33(46)44(5)27-18-26(17-23)19-28(50-6)34(27)41)56-36(47)25(3)54-16-15-53-14-13-52-12-11-42-32(45)22-40/h8-10,18-19,24-25,29-31,35,49H,11-17,20-22H2,1-7H3,(H,42,45)(H,43,48)/b10-8+,23-9+/t24-,25+,29?,30-,31+,35+,38+,39+/m1/s1. The predicted molar refractivity (Wildman–Crippen MR) is 213 cm³/mol. The minimum atomic E-state index is -1.83. The van der Waals surface area contributed by atoms with E-state index in [1.165, 1.54) is 26.0 Å². The number of fused-ring (bicyclic) bond motifs is 5. The molecule has 3 aliphatic rings. The molecule has 3 aliphatic heterocycles. The van der Waals surface area contributed by atoms with Crippen LogP contribution in [0.2, 0.25) is 5.02 Å². The number of ether oxygens (including phenoxy) is 8. The van der Waals surface area contributed by atoms with Gasteiger partial charge in [0, 0.05) is 33.0 Å². The molecule has 1 aromatic rings. The van der Waals surface area contributed by atoms with Gasteiger partial charge in [0.25, 0.3) is 0 Å². The number of hydrogen-bond acceptors (Lipinski definition) is 13. The summed E-state index contributed by atoms with van der Waals surface area (Å²) in [5, 5.41) is 17.4. The van der Waals surface area contributed by atoms with Gasteiger partial charge in [-0.3, -0.25) is 14.9 Å². The van der Waals surface area contributed by atoms with Crippen LogP contribution in [0.25, 0.3) is 0 Å². The van der Waals surface area contributed by atoms with Crippen molar-refractivity contribution in [1.82, 2.24) is 10.6 Å². The van der Waals surface area contributed by atoms with Crippen LogP contribution in [0, 0.1) is 5.92 Å². The predicted octanol–water partition coefficient (Wildman–Crippen LogP) is 3.62. The normalized spacial score (nSPS) is 29.8. The van der Waals surface area contributed by atoms with Gasteiger partial charge in [0.15, 0.2) is 11.8 Å². The number of methoxy groups -OCH3 is 2. The molecule has 3 heterocycles. The summed E-state index contributed by atoms with van der Waals surface area (Å²) in [6.07, 6.45) is -0.0517. The van der Waals surface area contributed by atoms with Crippen LogP contribution in [0.3, 0.4) is 0 Å². The van der Waals surface area contributed by atoms with E-state index in [9.17, 15) is 24.3 Å². The van der Waals surface area contributed by atoms with Gasteiger partial charge in [0.1, 0.15) is 34.7 Å². The number of halogens is 2. The molecule has 3 N–H and O–H groups in total. The lowest BCUT2D eigenvalue weighted by atomic mass is 9.83. The largest absolute Gasteiger partial charge is 0.495 e. The molecule has 1 aromatic carbocycles. The van der Waals surface area contributed by atoms with E-state index in [1.807, 2.05) is 13.0 Å². The summed E-state index contributed by atoms with van der Waals surface area (Å²) in [5.41, 5.74) is -0.898. The highest BCUT2D eigenvalue weighted by Gasteiger charge is 2.64. The van der Waals surface area contributed by atoms with Crippen molar-refractivity contribution < 1.29 is 62.2 Å². The maximum absolute atomic E-state index is 14.1. The molecule has 4 bridgehead atoms. The van der Waals surface area contributed by atoms with Crippen LogP contribution in [0.5, 0.6) is 5.75 Å². The molecule has 0 aromatic heterocycles. The third kappa shape index (κ3) is 12.4. The Bertz CT molecular complexity index is 1650. The summed E-state index contributed by atoms with van der Waals surface area (Å²) in [4.78, 5) is 53.1. The van der Waals surface area contributed by atoms with E-state index < -0.39 is 65.7 Å². The van der Waals surface area contributed by atoms with E-state index >= 15 is 0 Å². The first-order chi connectivity index (χ1) is 27.1. The lowest BCUT2D eigenvalue weighted by Gasteiger charge is -2.42. The van der Waals surface area contributed by atoms with E-state index in [4.69, 9.17) is 49.5 Å². The molecule has 57 heavy (non-hydrogen) atoms. The number of aliphatic hydroxyl groups is 1. The molecule has 1 unspecified atom stereocenters. The van der Waals surface area contributed by atoms with E-state index in [1.54, 1.807) is 45.2 Å². The lowest BCUT2D eigenvalue weighted by Crippen LogP contribution is -2.63. The SMILES string of the molecule is COc1cc2cc(c1Cl)N(C)C(=O)C[C@H](OC(=O)[C@H](C)OCCOCCOCCNC(=O)CBr)[C@]1(C)O[C@H]1[C@H](C)C1C[C@@](O)(NC(=O)O1)[C@H](OC)/C=C/C=C(\C)C2. The van der Waals surface area contributed by atoms with Crippen LogP contribution >= 0.6 is 27.5 Å². The highest BCUT2D eigenvalue weighted by atomic mass is 79.9. The van der Waals surface area contributed by atoms with Gasteiger partial charge in [0.2, 0.25) is 11.8 Å². The molecular weight excluding hydrogens is 834 g/mol. The van der Waals surface area contributed by atoms with Crippen LogP contribution in [0.15, 0.2) is 35.9 Å². The van der Waals surface area contributed by atoms with Crippen molar-refractivity contribution >= 4 is 57.1 Å². The fourth-order valence-corrected chi connectivity index (χ4v) is 7.34. The number of carbonyl (C=O) groups is 4. The van der Waals surface area contributed by atoms with Gasteiger partial charge in [-0.05, 0) is 44.9 Å². The highest BCUT2D eigenvalue weighted by Crippen LogP contribution is 2.49. The number of amides is 3. The third-order valence-corrected chi connectivity index (χ3v) is 11.1. The molecule has 0 saturated carbocycles. The quantitative estimate of drug-likeness (QED) is 0.100. The summed E-state index contributed by atoms with van der Waals surface area (Å²) in [6, 6.07) is 3.59. The highest BCUT2D eigenvalue weighted by molar-refractivity contribution is 9.09. The first-order valence-electron chi connectivity index (χ1n) is 18.8. The monoisotopic (exact) mass is 887 g/mol. The van der Waals surface area contributed by atoms with Crippen molar-refractivity contribution in [2.75, 3.05) is 71.1 Å². The second kappa shape index (κ2) is 21.1. The first kappa shape index (κ1) is 46.4. The number of alkyl halides is 1. The van der Waals surface area contributed by atoms with Gasteiger partial charge in [-0.25, -0.2) is 9.59 Å². The minimum absolute atomic E-state index is 0.0493. The van der Waals surface area contributed by atoms with Gasteiger partial charge in [-0.1, -0.05) is 58.3 Å². The summed E-state index contributed by atoms with van der Waals surface area (Å²) < 4.78 is 45.8. The van der Waals surface area contributed by atoms with Crippen LogP contribution < -0.4 is 20.3 Å². The van der Waals surface area contributed by atoms with Crippen LogP contribution in [0.4, 0.5) is 10.5 Å². The molecule has 2 fully saturated rings. The Labute approximate surface area is 346 Å². The zero-order valence-corrected chi connectivity index (χ0v) is 35.8. The Balaban J connectivity index is 1.53. The zero-order chi connectivity index (χ0) is 41.9. The smallest absolute Gasteiger partial charge is 0.409 e. The van der Waals surface area contributed by atoms with Gasteiger partial charge < -0.3 is 53.2 Å². The molecule has 0 aliphatic carbocycles. The first-order valence-corrected chi connectivity index (χ1v) is 20.3. The Morgan fingerprint density at radius 2 is 1.86 bits per heavy atom. The van der Waals surface area contributed by atoms with Crippen molar-refractivity contribution in [2.24, 2.45) is 5.92 Å². The molecular formula is C39H55BrClN3O13. The van der Waals surface area contributed by atoms with Crippen LogP contribution in [-0.2, 0) is 54.0 Å². The van der Waals surface area contributed by atoms with E-state index in [0.29, 0.717) is 37.6 Å². The number of nitrogens with zero attached hydrogens (tertiary/aromatic N) is 1. The number of nitrogens with one attached hydrogen (secondary N) is 2. The fourth-order valence-electron chi connectivity index (χ4n) is 6.83. The summed E-state index contributed by atoms with van der Waals surface area (Å²) in [7, 11) is 4.50. The topological polar surface area (TPSA) is 193 Å². The van der Waals surface area contributed by atoms with Gasteiger partial charge in [-0.15, -0.1) is 0 Å². The summed E-state index contributed by atoms with van der Waals surface area (Å²) in [5.74, 6) is -1.43. The number of alkyl carbamates (subject to hydrolysis) is 1. The Hall–Kier alpha value is -3.29. The lowest BCUT2D eigenvalue weighted by molar-refractivity contribution is -0.166. The Kier molecular flexibility index (Phi) is 17.2. The number of anilines is 1. The number of hydrogen-bond donors (Lipinski definition) is 3. The van der Waals surface area contributed by atoms with Crippen molar-refractivity contribution in [3.8, 4) is 5.75 Å². The Morgan fingerprint density at radius 1 is 1.16 bits per heavy atom. The Morgan fingerprint density at radius 3 is 2.54 bits per heavy atom. The van der Waals surface area contributed by atoms with Crippen molar-refractivity contribution in [2.45, 2.75) is 88.8 Å². The molecule has 8 atom stereocenters. The van der Waals surface area contributed by atoms with Gasteiger partial charge >= 0.3 is 12.1 Å². The van der Waals surface area contributed by atoms with Crippen LogP contribution in [-0.4, -0.2) is 137 Å². The van der Waals surface area contributed by atoms with Gasteiger partial charge in [-0.2, -0.15) is 0 Å². The molecule has 3 amide bonds. The molecule has 0 radical (unpaired) electrons.